The first-order valence-corrected chi connectivity index (χ1v) is 11.1. The number of aliphatic carboxylic acids is 1. The number of carbonyl (C=O) groups excluding carboxylic acids is 2. The van der Waals surface area contributed by atoms with Crippen LogP contribution >= 0.6 is 0 Å². The van der Waals surface area contributed by atoms with Crippen LogP contribution in [0.1, 0.15) is 38.3 Å². The van der Waals surface area contributed by atoms with E-state index in [9.17, 15) is 19.5 Å². The van der Waals surface area contributed by atoms with Crippen LogP contribution in [0.5, 0.6) is 0 Å². The van der Waals surface area contributed by atoms with Crippen molar-refractivity contribution in [3.05, 3.63) is 82.5 Å². The largest absolute Gasteiger partial charge is 0.481 e. The van der Waals surface area contributed by atoms with E-state index in [-0.39, 0.29) is 12.8 Å². The van der Waals surface area contributed by atoms with Crippen molar-refractivity contribution in [3.63, 3.8) is 0 Å². The number of esters is 2. The molecule has 36 heavy (non-hydrogen) atoms. The van der Waals surface area contributed by atoms with Crippen molar-refractivity contribution in [2.24, 2.45) is 11.7 Å². The molecular formula is C27H31N3O6. The van der Waals surface area contributed by atoms with Gasteiger partial charge in [0.25, 0.3) is 0 Å². The third-order valence-electron chi connectivity index (χ3n) is 4.75. The molecule has 0 fully saturated rings. The van der Waals surface area contributed by atoms with E-state index in [1.54, 1.807) is 69.3 Å². The first kappa shape index (κ1) is 29.8. The highest BCUT2D eigenvalue weighted by Gasteiger charge is 2.25. The first-order valence-electron chi connectivity index (χ1n) is 11.1. The molecule has 9 nitrogen and oxygen atoms in total. The van der Waals surface area contributed by atoms with E-state index in [1.165, 1.54) is 7.11 Å². The summed E-state index contributed by atoms with van der Waals surface area (Å²) in [7, 11) is 1.31. The smallest absolute Gasteiger partial charge is 0.322 e. The second kappa shape index (κ2) is 14.2. The zero-order chi connectivity index (χ0) is 27.3. The second-order valence-corrected chi connectivity index (χ2v) is 8.92. The molecule has 0 heterocycles. The van der Waals surface area contributed by atoms with Crippen molar-refractivity contribution in [2.75, 3.05) is 7.11 Å². The van der Waals surface area contributed by atoms with Crippen molar-refractivity contribution in [1.29, 1.82) is 0 Å². The second-order valence-electron chi connectivity index (χ2n) is 8.92. The van der Waals surface area contributed by atoms with Crippen molar-refractivity contribution < 1.29 is 29.0 Å². The fraction of sp³-hybridized carbons (Fsp3) is 0.370. The van der Waals surface area contributed by atoms with E-state index in [0.717, 1.165) is 11.1 Å². The van der Waals surface area contributed by atoms with Gasteiger partial charge in [0.2, 0.25) is 0 Å². The normalized spacial score (nSPS) is 12.0. The standard InChI is InChI=1S/C16H19NO4.C11H12N2O2/c1-16(2,3)21-14(18)10-12(15(19)20)9-11-5-7-13(17-4)8-6-11;1-13-9-5-3-8(4-6-9)7-10(12)11(14)15-2/h5-8,12H,9-10H2,1-3H3,(H,19,20);3-6,10H,7,12H2,2H3/t12-;10-/m10/s1. The molecule has 0 spiro atoms. The van der Waals surface area contributed by atoms with E-state index in [1.807, 2.05) is 0 Å². The van der Waals surface area contributed by atoms with Gasteiger partial charge in [-0.25, -0.2) is 9.69 Å². The Hall–Kier alpha value is -4.21. The topological polar surface area (TPSA) is 125 Å². The van der Waals surface area contributed by atoms with Crippen LogP contribution in [-0.4, -0.2) is 41.8 Å². The summed E-state index contributed by atoms with van der Waals surface area (Å²) in [5.74, 6) is -2.81. The molecule has 2 aromatic carbocycles. The zero-order valence-electron chi connectivity index (χ0n) is 20.9. The highest BCUT2D eigenvalue weighted by Crippen LogP contribution is 2.19. The lowest BCUT2D eigenvalue weighted by atomic mass is 9.96. The molecule has 0 saturated heterocycles. The van der Waals surface area contributed by atoms with Crippen LogP contribution in [0.2, 0.25) is 0 Å². The molecule has 2 aromatic rings. The highest BCUT2D eigenvalue weighted by molar-refractivity contribution is 5.79. The molecule has 2 atom stereocenters. The maximum Gasteiger partial charge on any atom is 0.322 e. The van der Waals surface area contributed by atoms with Crippen molar-refractivity contribution in [2.45, 2.75) is 51.7 Å². The van der Waals surface area contributed by atoms with Crippen molar-refractivity contribution >= 4 is 29.3 Å². The third-order valence-corrected chi connectivity index (χ3v) is 4.75. The Morgan fingerprint density at radius 3 is 1.72 bits per heavy atom. The van der Waals surface area contributed by atoms with E-state index >= 15 is 0 Å². The molecule has 0 saturated carbocycles. The Morgan fingerprint density at radius 2 is 1.36 bits per heavy atom. The van der Waals surface area contributed by atoms with Crippen LogP contribution in [0, 0.1) is 19.1 Å². The van der Waals surface area contributed by atoms with Crippen molar-refractivity contribution in [1.82, 2.24) is 0 Å². The molecule has 0 aliphatic heterocycles. The lowest BCUT2D eigenvalue weighted by Gasteiger charge is -2.21. The van der Waals surface area contributed by atoms with Crippen LogP contribution in [0.3, 0.4) is 0 Å². The molecule has 0 aliphatic carbocycles. The number of carbonyl (C=O) groups is 3. The molecule has 0 aliphatic rings. The molecule has 2 rings (SSSR count). The fourth-order valence-electron chi connectivity index (χ4n) is 3.02. The van der Waals surface area contributed by atoms with Gasteiger partial charge >= 0.3 is 17.9 Å². The molecule has 0 unspecified atom stereocenters. The zero-order valence-corrected chi connectivity index (χ0v) is 20.9. The van der Waals surface area contributed by atoms with Gasteiger partial charge in [0.1, 0.15) is 11.6 Å². The number of benzene rings is 2. The Bertz CT molecular complexity index is 1110. The summed E-state index contributed by atoms with van der Waals surface area (Å²) in [5.41, 5.74) is 7.73. The predicted molar refractivity (Wildman–Crippen MR) is 134 cm³/mol. The number of rotatable bonds is 8. The molecule has 3 N–H and O–H groups in total. The van der Waals surface area contributed by atoms with Crippen molar-refractivity contribution in [3.8, 4) is 0 Å². The Labute approximate surface area is 211 Å². The molecule has 190 valence electrons. The van der Waals surface area contributed by atoms with Crippen LogP contribution in [0.15, 0.2) is 48.5 Å². The van der Waals surface area contributed by atoms with E-state index in [0.29, 0.717) is 17.8 Å². The number of carboxylic acids is 1. The minimum absolute atomic E-state index is 0.169. The quantitative estimate of drug-likeness (QED) is 0.410. The monoisotopic (exact) mass is 493 g/mol. The maximum atomic E-state index is 11.7. The molecule has 9 heteroatoms. The lowest BCUT2D eigenvalue weighted by Crippen LogP contribution is -2.33. The van der Waals surface area contributed by atoms with Gasteiger partial charge in [-0.1, -0.05) is 48.5 Å². The Balaban J connectivity index is 0.000000381. The highest BCUT2D eigenvalue weighted by atomic mass is 16.6. The maximum absolute atomic E-state index is 11.7. The predicted octanol–water partition coefficient (Wildman–Crippen LogP) is 4.49. The fourth-order valence-corrected chi connectivity index (χ4v) is 3.02. The van der Waals surface area contributed by atoms with Crippen LogP contribution in [0.4, 0.5) is 11.4 Å². The van der Waals surface area contributed by atoms with E-state index in [4.69, 9.17) is 23.6 Å². The van der Waals surface area contributed by atoms with Crippen LogP contribution in [-0.2, 0) is 36.7 Å². The summed E-state index contributed by atoms with van der Waals surface area (Å²) in [5, 5.41) is 9.23. The molecular weight excluding hydrogens is 462 g/mol. The Morgan fingerprint density at radius 1 is 0.917 bits per heavy atom. The Kier molecular flexibility index (Phi) is 11.8. The minimum Gasteiger partial charge on any atom is -0.481 e. The number of ether oxygens (including phenoxy) is 2. The summed E-state index contributed by atoms with van der Waals surface area (Å²) in [4.78, 5) is 40.6. The molecule has 0 aromatic heterocycles. The molecule has 0 radical (unpaired) electrons. The van der Waals surface area contributed by atoms with Gasteiger partial charge in [-0.2, -0.15) is 0 Å². The number of hydrogen-bond acceptors (Lipinski definition) is 6. The van der Waals surface area contributed by atoms with E-state index in [2.05, 4.69) is 14.4 Å². The van der Waals surface area contributed by atoms with Gasteiger partial charge in [-0.05, 0) is 44.7 Å². The van der Waals surface area contributed by atoms with Gasteiger partial charge in [0, 0.05) is 0 Å². The van der Waals surface area contributed by atoms with Crippen LogP contribution in [0.25, 0.3) is 9.69 Å². The molecule has 0 amide bonds. The third kappa shape index (κ3) is 11.3. The summed E-state index contributed by atoms with van der Waals surface area (Å²) in [6.07, 6.45) is 0.481. The summed E-state index contributed by atoms with van der Waals surface area (Å²) in [6.45, 7) is 18.9. The van der Waals surface area contributed by atoms with Gasteiger partial charge in [0.05, 0.1) is 32.6 Å². The summed E-state index contributed by atoms with van der Waals surface area (Å²) in [6, 6.07) is 13.0. The average molecular weight is 494 g/mol. The number of methoxy groups -OCH3 is 1. The van der Waals surface area contributed by atoms with Crippen LogP contribution < -0.4 is 5.73 Å². The number of hydrogen-bond donors (Lipinski definition) is 2. The average Bonchev–Trinajstić information content (AvgIpc) is 2.83. The minimum atomic E-state index is -1.03. The van der Waals surface area contributed by atoms with E-state index < -0.39 is 35.5 Å². The van der Waals surface area contributed by atoms with Gasteiger partial charge in [-0.15, -0.1) is 0 Å². The van der Waals surface area contributed by atoms with Gasteiger partial charge in [-0.3, -0.25) is 14.4 Å². The summed E-state index contributed by atoms with van der Waals surface area (Å²) < 4.78 is 9.67. The summed E-state index contributed by atoms with van der Waals surface area (Å²) >= 11 is 0. The van der Waals surface area contributed by atoms with Gasteiger partial charge in [0.15, 0.2) is 11.4 Å². The number of carboxylic acid groups (broad SMARTS) is 1. The number of nitrogens with two attached hydrogens (primary N) is 1. The first-order chi connectivity index (χ1) is 16.9. The van der Waals surface area contributed by atoms with Gasteiger partial charge < -0.3 is 20.3 Å². The lowest BCUT2D eigenvalue weighted by molar-refractivity contribution is -0.159. The molecule has 0 bridgehead atoms. The SMILES string of the molecule is [C-]#[N+]c1ccc(C[C@H](CC(=O)OC(C)(C)C)C(=O)O)cc1.[C-]#[N+]c1ccc(C[C@H](N)C(=O)OC)cc1. The number of nitrogens with zero attached hydrogens (tertiary/aromatic N) is 2.